The molecule has 1 aromatic heterocycles. The van der Waals surface area contributed by atoms with E-state index in [-0.39, 0.29) is 30.2 Å². The standard InChI is InChI=1S/C12H18N4O.ClH/c1-3-4-14-12(17)11-7-13-6-10(11)9-5-15-16(2)8-9;/h3,5,8,10-11,13H,1,4,6-7H2,2H3,(H,14,17);1H/t10-,11+;/m1./s1. The number of amides is 1. The zero-order chi connectivity index (χ0) is 12.3. The Balaban J connectivity index is 0.00000162. The number of nitrogens with one attached hydrogen (secondary N) is 2. The van der Waals surface area contributed by atoms with Gasteiger partial charge in [0.15, 0.2) is 0 Å². The molecular formula is C12H19ClN4O. The van der Waals surface area contributed by atoms with E-state index in [0.717, 1.165) is 18.7 Å². The number of aromatic nitrogens is 2. The van der Waals surface area contributed by atoms with Crippen LogP contribution >= 0.6 is 12.4 Å². The fourth-order valence-electron chi connectivity index (χ4n) is 2.24. The zero-order valence-electron chi connectivity index (χ0n) is 10.4. The first kappa shape index (κ1) is 14.7. The topological polar surface area (TPSA) is 59.0 Å². The summed E-state index contributed by atoms with van der Waals surface area (Å²) in [6, 6.07) is 0. The molecule has 2 rings (SSSR count). The van der Waals surface area contributed by atoms with E-state index < -0.39 is 0 Å². The minimum Gasteiger partial charge on any atom is -0.352 e. The molecule has 18 heavy (non-hydrogen) atoms. The molecule has 2 atom stereocenters. The number of carbonyl (C=O) groups is 1. The molecule has 1 aromatic rings. The van der Waals surface area contributed by atoms with E-state index in [2.05, 4.69) is 22.3 Å². The lowest BCUT2D eigenvalue weighted by molar-refractivity contribution is -0.124. The number of halogens is 1. The van der Waals surface area contributed by atoms with Crippen LogP contribution in [0, 0.1) is 5.92 Å². The van der Waals surface area contributed by atoms with Crippen LogP contribution in [-0.4, -0.2) is 35.3 Å². The Morgan fingerprint density at radius 2 is 2.50 bits per heavy atom. The summed E-state index contributed by atoms with van der Waals surface area (Å²) in [6.07, 6.45) is 5.51. The lowest BCUT2D eigenvalue weighted by Crippen LogP contribution is -2.34. The minimum absolute atomic E-state index is 0. The zero-order valence-corrected chi connectivity index (χ0v) is 11.2. The van der Waals surface area contributed by atoms with Crippen LogP contribution in [-0.2, 0) is 11.8 Å². The van der Waals surface area contributed by atoms with Crippen molar-refractivity contribution in [2.24, 2.45) is 13.0 Å². The maximum Gasteiger partial charge on any atom is 0.225 e. The fraction of sp³-hybridized carbons (Fsp3) is 0.500. The van der Waals surface area contributed by atoms with Crippen molar-refractivity contribution in [3.63, 3.8) is 0 Å². The van der Waals surface area contributed by atoms with Crippen molar-refractivity contribution in [1.82, 2.24) is 20.4 Å². The second kappa shape index (κ2) is 6.56. The van der Waals surface area contributed by atoms with Crippen LogP contribution in [0.4, 0.5) is 0 Å². The van der Waals surface area contributed by atoms with Crippen molar-refractivity contribution in [2.75, 3.05) is 19.6 Å². The Hall–Kier alpha value is -1.33. The van der Waals surface area contributed by atoms with Gasteiger partial charge in [0.1, 0.15) is 0 Å². The Kier molecular flexibility index (Phi) is 5.37. The molecule has 0 bridgehead atoms. The summed E-state index contributed by atoms with van der Waals surface area (Å²) in [5, 5.41) is 10.3. The van der Waals surface area contributed by atoms with Gasteiger partial charge in [-0.1, -0.05) is 6.08 Å². The maximum absolute atomic E-state index is 12.0. The highest BCUT2D eigenvalue weighted by atomic mass is 35.5. The van der Waals surface area contributed by atoms with Crippen molar-refractivity contribution in [3.05, 3.63) is 30.6 Å². The van der Waals surface area contributed by atoms with Gasteiger partial charge < -0.3 is 10.6 Å². The first-order chi connectivity index (χ1) is 8.22. The summed E-state index contributed by atoms with van der Waals surface area (Å²) >= 11 is 0. The first-order valence-electron chi connectivity index (χ1n) is 5.80. The molecule has 100 valence electrons. The highest BCUT2D eigenvalue weighted by molar-refractivity contribution is 5.85. The van der Waals surface area contributed by atoms with Crippen LogP contribution in [0.2, 0.25) is 0 Å². The minimum atomic E-state index is -0.0147. The fourth-order valence-corrected chi connectivity index (χ4v) is 2.24. The molecule has 0 spiro atoms. The predicted octanol–water partition coefficient (Wildman–Crippen LogP) is 0.447. The average molecular weight is 271 g/mol. The lowest BCUT2D eigenvalue weighted by atomic mass is 9.90. The highest BCUT2D eigenvalue weighted by Gasteiger charge is 2.34. The molecule has 1 fully saturated rings. The molecule has 0 radical (unpaired) electrons. The third-order valence-electron chi connectivity index (χ3n) is 3.12. The highest BCUT2D eigenvalue weighted by Crippen LogP contribution is 2.27. The number of hydrogen-bond donors (Lipinski definition) is 2. The van der Waals surface area contributed by atoms with Gasteiger partial charge in [-0.2, -0.15) is 5.10 Å². The van der Waals surface area contributed by atoms with Crippen molar-refractivity contribution in [2.45, 2.75) is 5.92 Å². The molecule has 0 aliphatic carbocycles. The van der Waals surface area contributed by atoms with Crippen molar-refractivity contribution in [3.8, 4) is 0 Å². The van der Waals surface area contributed by atoms with Crippen LogP contribution in [0.1, 0.15) is 11.5 Å². The molecule has 2 heterocycles. The van der Waals surface area contributed by atoms with Crippen LogP contribution in [0.25, 0.3) is 0 Å². The van der Waals surface area contributed by atoms with Crippen molar-refractivity contribution in [1.29, 1.82) is 0 Å². The van der Waals surface area contributed by atoms with E-state index in [1.54, 1.807) is 10.8 Å². The van der Waals surface area contributed by atoms with Gasteiger partial charge in [0.05, 0.1) is 12.1 Å². The number of carbonyl (C=O) groups excluding carboxylic acids is 1. The van der Waals surface area contributed by atoms with E-state index in [9.17, 15) is 4.79 Å². The second-order valence-corrected chi connectivity index (χ2v) is 4.35. The summed E-state index contributed by atoms with van der Waals surface area (Å²) in [6.45, 7) is 5.67. The quantitative estimate of drug-likeness (QED) is 0.781. The third kappa shape index (κ3) is 3.11. The van der Waals surface area contributed by atoms with Gasteiger partial charge in [0, 0.05) is 38.8 Å². The average Bonchev–Trinajstić information content (AvgIpc) is 2.93. The largest absolute Gasteiger partial charge is 0.352 e. The van der Waals surface area contributed by atoms with Crippen LogP contribution in [0.5, 0.6) is 0 Å². The van der Waals surface area contributed by atoms with Gasteiger partial charge in [-0.3, -0.25) is 9.48 Å². The number of aryl methyl sites for hydroxylation is 1. The Bertz CT molecular complexity index is 418. The summed E-state index contributed by atoms with van der Waals surface area (Å²) in [4.78, 5) is 12.0. The van der Waals surface area contributed by atoms with Crippen LogP contribution in [0.3, 0.4) is 0 Å². The molecule has 1 amide bonds. The smallest absolute Gasteiger partial charge is 0.225 e. The lowest BCUT2D eigenvalue weighted by Gasteiger charge is -2.16. The Labute approximate surface area is 113 Å². The van der Waals surface area contributed by atoms with Crippen LogP contribution in [0.15, 0.2) is 25.0 Å². The van der Waals surface area contributed by atoms with Crippen molar-refractivity contribution >= 4 is 18.3 Å². The Morgan fingerprint density at radius 3 is 3.11 bits per heavy atom. The van der Waals surface area contributed by atoms with E-state index in [0.29, 0.717) is 6.54 Å². The van der Waals surface area contributed by atoms with Gasteiger partial charge in [0.2, 0.25) is 5.91 Å². The molecule has 5 nitrogen and oxygen atoms in total. The molecular weight excluding hydrogens is 252 g/mol. The van der Waals surface area contributed by atoms with E-state index >= 15 is 0 Å². The maximum atomic E-state index is 12.0. The summed E-state index contributed by atoms with van der Waals surface area (Å²) < 4.78 is 1.77. The van der Waals surface area contributed by atoms with Gasteiger partial charge in [-0.25, -0.2) is 0 Å². The third-order valence-corrected chi connectivity index (χ3v) is 3.12. The molecule has 0 aromatic carbocycles. The molecule has 6 heteroatoms. The van der Waals surface area contributed by atoms with Gasteiger partial charge in [-0.05, 0) is 5.56 Å². The molecule has 1 aliphatic heterocycles. The van der Waals surface area contributed by atoms with Gasteiger partial charge in [-0.15, -0.1) is 19.0 Å². The normalized spacial score (nSPS) is 22.3. The molecule has 1 saturated heterocycles. The SMILES string of the molecule is C=CCNC(=O)[C@H]1CNC[C@@H]1c1cnn(C)c1.Cl. The molecule has 1 aliphatic rings. The summed E-state index contributed by atoms with van der Waals surface area (Å²) in [5.41, 5.74) is 1.12. The van der Waals surface area contributed by atoms with E-state index in [1.807, 2.05) is 19.4 Å². The monoisotopic (exact) mass is 270 g/mol. The molecule has 0 unspecified atom stereocenters. The summed E-state index contributed by atoms with van der Waals surface area (Å²) in [5.74, 6) is 0.288. The predicted molar refractivity (Wildman–Crippen MR) is 72.8 cm³/mol. The number of rotatable bonds is 4. The van der Waals surface area contributed by atoms with Gasteiger partial charge >= 0.3 is 0 Å². The van der Waals surface area contributed by atoms with E-state index in [1.165, 1.54) is 0 Å². The van der Waals surface area contributed by atoms with Crippen LogP contribution < -0.4 is 10.6 Å². The molecule has 2 N–H and O–H groups in total. The second-order valence-electron chi connectivity index (χ2n) is 4.35. The summed E-state index contributed by atoms with van der Waals surface area (Å²) in [7, 11) is 1.89. The van der Waals surface area contributed by atoms with Gasteiger partial charge in [0.25, 0.3) is 0 Å². The van der Waals surface area contributed by atoms with Crippen molar-refractivity contribution < 1.29 is 4.79 Å². The number of hydrogen-bond acceptors (Lipinski definition) is 3. The molecule has 0 saturated carbocycles. The Morgan fingerprint density at radius 1 is 1.72 bits per heavy atom. The number of nitrogens with zero attached hydrogens (tertiary/aromatic N) is 2. The van der Waals surface area contributed by atoms with E-state index in [4.69, 9.17) is 0 Å². The first-order valence-corrected chi connectivity index (χ1v) is 5.80.